The first-order valence-corrected chi connectivity index (χ1v) is 6.88. The lowest BCUT2D eigenvalue weighted by atomic mass is 9.77. The van der Waals surface area contributed by atoms with Crippen molar-refractivity contribution in [3.8, 4) is 0 Å². The van der Waals surface area contributed by atoms with E-state index < -0.39 is 0 Å². The second kappa shape index (κ2) is 7.31. The van der Waals surface area contributed by atoms with Crippen LogP contribution >= 0.6 is 0 Å². The highest BCUT2D eigenvalue weighted by atomic mass is 14.3. The molecular formula is C14H28. The largest absolute Gasteiger partial charge is 0.0654 e. The van der Waals surface area contributed by atoms with Gasteiger partial charge in [-0.3, -0.25) is 0 Å². The Morgan fingerprint density at radius 2 is 1.71 bits per heavy atom. The lowest BCUT2D eigenvalue weighted by Gasteiger charge is -2.29. The number of unbranched alkanes of at least 4 members (excludes halogenated alkanes) is 2. The number of hydrogen-bond donors (Lipinski definition) is 0. The maximum Gasteiger partial charge on any atom is -0.0386 e. The van der Waals surface area contributed by atoms with Crippen LogP contribution in [0, 0.1) is 11.8 Å². The molecule has 1 atom stereocenters. The molecule has 0 amide bonds. The third-order valence-electron chi connectivity index (χ3n) is 4.02. The van der Waals surface area contributed by atoms with E-state index >= 15 is 0 Å². The summed E-state index contributed by atoms with van der Waals surface area (Å²) >= 11 is 0. The molecule has 1 rings (SSSR count). The monoisotopic (exact) mass is 196 g/mol. The Bertz CT molecular complexity index is 122. The van der Waals surface area contributed by atoms with Crippen molar-refractivity contribution in [1.29, 1.82) is 0 Å². The Kier molecular flexibility index (Phi) is 6.31. The summed E-state index contributed by atoms with van der Waals surface area (Å²) in [6.07, 6.45) is 14.8. The van der Waals surface area contributed by atoms with Crippen molar-refractivity contribution in [3.05, 3.63) is 0 Å². The molecule has 84 valence electrons. The minimum Gasteiger partial charge on any atom is -0.0654 e. The highest BCUT2D eigenvalue weighted by molar-refractivity contribution is 4.73. The molecule has 0 aromatic heterocycles. The van der Waals surface area contributed by atoms with Gasteiger partial charge in [-0.15, -0.1) is 0 Å². The van der Waals surface area contributed by atoms with E-state index in [-0.39, 0.29) is 0 Å². The van der Waals surface area contributed by atoms with Gasteiger partial charge in [-0.2, -0.15) is 0 Å². The summed E-state index contributed by atoms with van der Waals surface area (Å²) in [6.45, 7) is 4.70. The summed E-state index contributed by atoms with van der Waals surface area (Å²) in [5.41, 5.74) is 0. The Labute approximate surface area is 90.5 Å². The third kappa shape index (κ3) is 4.02. The molecule has 1 unspecified atom stereocenters. The third-order valence-corrected chi connectivity index (χ3v) is 4.02. The first-order chi connectivity index (χ1) is 6.88. The predicted octanol–water partition coefficient (Wildman–Crippen LogP) is 5.17. The van der Waals surface area contributed by atoms with E-state index in [4.69, 9.17) is 0 Å². The molecule has 1 saturated carbocycles. The molecule has 14 heavy (non-hydrogen) atoms. The summed E-state index contributed by atoms with van der Waals surface area (Å²) in [5, 5.41) is 0. The molecule has 0 heteroatoms. The van der Waals surface area contributed by atoms with Crippen LogP contribution in [0.5, 0.6) is 0 Å². The zero-order valence-electron chi connectivity index (χ0n) is 10.2. The van der Waals surface area contributed by atoms with Gasteiger partial charge in [-0.25, -0.2) is 0 Å². The fourth-order valence-electron chi connectivity index (χ4n) is 3.04. The van der Waals surface area contributed by atoms with Gasteiger partial charge in [0.25, 0.3) is 0 Å². The second-order valence-corrected chi connectivity index (χ2v) is 5.06. The zero-order chi connectivity index (χ0) is 10.2. The molecule has 0 N–H and O–H groups in total. The van der Waals surface area contributed by atoms with Crippen molar-refractivity contribution in [2.45, 2.75) is 78.1 Å². The Morgan fingerprint density at radius 1 is 1.00 bits per heavy atom. The predicted molar refractivity (Wildman–Crippen MR) is 64.5 cm³/mol. The van der Waals surface area contributed by atoms with E-state index in [9.17, 15) is 0 Å². The molecule has 0 bridgehead atoms. The molecule has 0 spiro atoms. The molecule has 0 aromatic carbocycles. The minimum absolute atomic E-state index is 1.06. The quantitative estimate of drug-likeness (QED) is 0.514. The van der Waals surface area contributed by atoms with Gasteiger partial charge in [0, 0.05) is 0 Å². The molecule has 0 saturated heterocycles. The summed E-state index contributed by atoms with van der Waals surface area (Å²) in [6, 6.07) is 0. The Balaban J connectivity index is 2.21. The van der Waals surface area contributed by atoms with E-state index in [2.05, 4.69) is 13.8 Å². The molecule has 1 aliphatic carbocycles. The van der Waals surface area contributed by atoms with Crippen LogP contribution in [-0.2, 0) is 0 Å². The van der Waals surface area contributed by atoms with Crippen molar-refractivity contribution in [3.63, 3.8) is 0 Å². The van der Waals surface area contributed by atoms with Crippen LogP contribution in [0.2, 0.25) is 0 Å². The van der Waals surface area contributed by atoms with Gasteiger partial charge < -0.3 is 0 Å². The first-order valence-electron chi connectivity index (χ1n) is 6.88. The SMILES string of the molecule is CCCCCC(CC)C1CCCCC1. The van der Waals surface area contributed by atoms with Crippen LogP contribution in [0.3, 0.4) is 0 Å². The fraction of sp³-hybridized carbons (Fsp3) is 1.00. The van der Waals surface area contributed by atoms with Crippen molar-refractivity contribution >= 4 is 0 Å². The molecule has 0 heterocycles. The minimum atomic E-state index is 1.06. The maximum atomic E-state index is 2.39. The van der Waals surface area contributed by atoms with Gasteiger partial charge in [-0.1, -0.05) is 78.1 Å². The standard InChI is InChI=1S/C14H28/c1-3-5-7-10-13(4-2)14-11-8-6-9-12-14/h13-14H,3-12H2,1-2H3. The Hall–Kier alpha value is 0. The zero-order valence-corrected chi connectivity index (χ0v) is 10.2. The first kappa shape index (κ1) is 12.1. The summed E-state index contributed by atoms with van der Waals surface area (Å²) < 4.78 is 0. The second-order valence-electron chi connectivity index (χ2n) is 5.06. The highest BCUT2D eigenvalue weighted by Crippen LogP contribution is 2.34. The molecule has 0 aromatic rings. The molecule has 0 nitrogen and oxygen atoms in total. The molecular weight excluding hydrogens is 168 g/mol. The van der Waals surface area contributed by atoms with Crippen LogP contribution in [0.25, 0.3) is 0 Å². The molecule has 1 fully saturated rings. The number of hydrogen-bond acceptors (Lipinski definition) is 0. The highest BCUT2D eigenvalue weighted by Gasteiger charge is 2.21. The van der Waals surface area contributed by atoms with E-state index in [1.54, 1.807) is 0 Å². The fourth-order valence-corrected chi connectivity index (χ4v) is 3.04. The van der Waals surface area contributed by atoms with Crippen molar-refractivity contribution in [2.24, 2.45) is 11.8 Å². The Morgan fingerprint density at radius 3 is 2.29 bits per heavy atom. The van der Waals surface area contributed by atoms with Gasteiger partial charge in [0.2, 0.25) is 0 Å². The van der Waals surface area contributed by atoms with Crippen LogP contribution in [-0.4, -0.2) is 0 Å². The summed E-state index contributed by atoms with van der Waals surface area (Å²) in [7, 11) is 0. The summed E-state index contributed by atoms with van der Waals surface area (Å²) in [4.78, 5) is 0. The maximum absolute atomic E-state index is 2.39. The van der Waals surface area contributed by atoms with Gasteiger partial charge in [0.05, 0.1) is 0 Å². The van der Waals surface area contributed by atoms with Crippen LogP contribution in [0.15, 0.2) is 0 Å². The average molecular weight is 196 g/mol. The summed E-state index contributed by atoms with van der Waals surface area (Å²) in [5.74, 6) is 2.15. The van der Waals surface area contributed by atoms with Gasteiger partial charge in [0.1, 0.15) is 0 Å². The molecule has 0 radical (unpaired) electrons. The van der Waals surface area contributed by atoms with E-state index in [0.29, 0.717) is 0 Å². The topological polar surface area (TPSA) is 0 Å². The van der Waals surface area contributed by atoms with Crippen molar-refractivity contribution in [1.82, 2.24) is 0 Å². The lowest BCUT2D eigenvalue weighted by Crippen LogP contribution is -2.17. The van der Waals surface area contributed by atoms with E-state index in [0.717, 1.165) is 11.8 Å². The van der Waals surface area contributed by atoms with Crippen LogP contribution in [0.4, 0.5) is 0 Å². The number of rotatable bonds is 6. The van der Waals surface area contributed by atoms with Crippen molar-refractivity contribution < 1.29 is 0 Å². The normalized spacial score (nSPS) is 21.0. The van der Waals surface area contributed by atoms with Crippen molar-refractivity contribution in [2.75, 3.05) is 0 Å². The van der Waals surface area contributed by atoms with Crippen LogP contribution < -0.4 is 0 Å². The molecule has 0 aliphatic heterocycles. The van der Waals surface area contributed by atoms with Gasteiger partial charge in [-0.05, 0) is 11.8 Å². The van der Waals surface area contributed by atoms with E-state index in [1.165, 1.54) is 64.2 Å². The van der Waals surface area contributed by atoms with Crippen LogP contribution in [0.1, 0.15) is 78.1 Å². The van der Waals surface area contributed by atoms with Gasteiger partial charge >= 0.3 is 0 Å². The lowest BCUT2D eigenvalue weighted by molar-refractivity contribution is 0.225. The average Bonchev–Trinajstić information content (AvgIpc) is 2.26. The molecule has 1 aliphatic rings. The van der Waals surface area contributed by atoms with E-state index in [1.807, 2.05) is 0 Å². The smallest absolute Gasteiger partial charge is 0.0386 e. The van der Waals surface area contributed by atoms with Gasteiger partial charge in [0.15, 0.2) is 0 Å².